The van der Waals surface area contributed by atoms with Gasteiger partial charge in [0.2, 0.25) is 5.91 Å². The van der Waals surface area contributed by atoms with Crippen LogP contribution in [0.5, 0.6) is 0 Å². The van der Waals surface area contributed by atoms with Crippen molar-refractivity contribution in [3.8, 4) is 11.3 Å². The lowest BCUT2D eigenvalue weighted by Gasteiger charge is -2.24. The van der Waals surface area contributed by atoms with Gasteiger partial charge in [-0.15, -0.1) is 0 Å². The normalized spacial score (nSPS) is 11.0. The second kappa shape index (κ2) is 9.23. The zero-order valence-electron chi connectivity index (χ0n) is 18.6. The molecule has 34 heavy (non-hydrogen) atoms. The molecule has 1 N–H and O–H groups in total. The number of fused-ring (bicyclic) bond motifs is 1. The summed E-state index contributed by atoms with van der Waals surface area (Å²) in [5.41, 5.74) is 4.58. The van der Waals surface area contributed by atoms with Crippen LogP contribution in [0.4, 0.5) is 10.1 Å². The lowest BCUT2D eigenvalue weighted by atomic mass is 10.1. The molecule has 6 nitrogen and oxygen atoms in total. The van der Waals surface area contributed by atoms with Gasteiger partial charge in [0.05, 0.1) is 36.9 Å². The summed E-state index contributed by atoms with van der Waals surface area (Å²) in [6.45, 7) is 2.07. The van der Waals surface area contributed by atoms with Gasteiger partial charge in [-0.05, 0) is 42.3 Å². The number of imidazole rings is 1. The smallest absolute Gasteiger partial charge is 0.233 e. The summed E-state index contributed by atoms with van der Waals surface area (Å²) in [5.74, 6) is -0.476. The van der Waals surface area contributed by atoms with E-state index >= 15 is 0 Å². The van der Waals surface area contributed by atoms with Crippen LogP contribution in [0.2, 0.25) is 0 Å². The molecule has 0 atom stereocenters. The Morgan fingerprint density at radius 2 is 1.88 bits per heavy atom. The molecule has 1 amide bonds. The first-order chi connectivity index (χ1) is 16.6. The summed E-state index contributed by atoms with van der Waals surface area (Å²) in [4.78, 5) is 22.5. The number of H-pyrrole nitrogens is 1. The van der Waals surface area contributed by atoms with E-state index < -0.39 is 0 Å². The van der Waals surface area contributed by atoms with Crippen LogP contribution in [0.25, 0.3) is 22.0 Å². The molecular formula is C27H22FN5O. The van der Waals surface area contributed by atoms with E-state index in [1.54, 1.807) is 17.4 Å². The maximum atomic E-state index is 14.1. The standard InChI is InChI=1S/C27H22FN5O/c1-18-10-19(12-22(28)11-18)16-33(23-8-6-20(7-9-23)26-15-29-17-30-26)27(34)13-25-24-5-3-2-4-21(24)14-31-32-25/h2-12,14-15,17H,13,16H2,1H3,(H,29,30). The summed E-state index contributed by atoms with van der Waals surface area (Å²) >= 11 is 0. The number of hydrogen-bond donors (Lipinski definition) is 1. The van der Waals surface area contributed by atoms with Crippen molar-refractivity contribution in [1.29, 1.82) is 0 Å². The van der Waals surface area contributed by atoms with E-state index in [9.17, 15) is 9.18 Å². The number of aromatic amines is 1. The number of anilines is 1. The summed E-state index contributed by atoms with van der Waals surface area (Å²) in [7, 11) is 0. The summed E-state index contributed by atoms with van der Waals surface area (Å²) in [6, 6.07) is 20.1. The first-order valence-corrected chi connectivity index (χ1v) is 10.9. The molecule has 2 aromatic heterocycles. The van der Waals surface area contributed by atoms with Gasteiger partial charge < -0.3 is 9.88 Å². The van der Waals surface area contributed by atoms with E-state index in [2.05, 4.69) is 20.2 Å². The number of nitrogens with one attached hydrogen (secondary N) is 1. The van der Waals surface area contributed by atoms with Gasteiger partial charge in [-0.2, -0.15) is 10.2 Å². The molecule has 7 heteroatoms. The van der Waals surface area contributed by atoms with Gasteiger partial charge in [-0.25, -0.2) is 9.37 Å². The van der Waals surface area contributed by atoms with E-state index in [4.69, 9.17) is 0 Å². The Morgan fingerprint density at radius 3 is 2.65 bits per heavy atom. The number of aryl methyl sites for hydroxylation is 1. The van der Waals surface area contributed by atoms with Crippen LogP contribution in [0.1, 0.15) is 16.8 Å². The molecular weight excluding hydrogens is 429 g/mol. The minimum absolute atomic E-state index is 0.0732. The van der Waals surface area contributed by atoms with Gasteiger partial charge >= 0.3 is 0 Å². The van der Waals surface area contributed by atoms with E-state index in [0.717, 1.165) is 27.6 Å². The van der Waals surface area contributed by atoms with Crippen LogP contribution in [-0.4, -0.2) is 26.1 Å². The van der Waals surface area contributed by atoms with Crippen molar-refractivity contribution in [2.75, 3.05) is 4.90 Å². The maximum absolute atomic E-state index is 14.1. The van der Waals surface area contributed by atoms with Gasteiger partial charge in [0.25, 0.3) is 0 Å². The second-order valence-corrected chi connectivity index (χ2v) is 8.17. The van der Waals surface area contributed by atoms with Crippen LogP contribution >= 0.6 is 0 Å². The molecule has 5 aromatic rings. The number of amides is 1. The number of aromatic nitrogens is 4. The summed E-state index contributed by atoms with van der Waals surface area (Å²) in [5, 5.41) is 10.1. The number of halogens is 1. The molecule has 0 aliphatic heterocycles. The number of benzene rings is 3. The third-order valence-corrected chi connectivity index (χ3v) is 5.68. The largest absolute Gasteiger partial charge is 0.351 e. The average Bonchev–Trinajstić information content (AvgIpc) is 3.37. The number of nitrogens with zero attached hydrogens (tertiary/aromatic N) is 4. The molecule has 2 heterocycles. The molecule has 0 aliphatic rings. The van der Waals surface area contributed by atoms with Crippen molar-refractivity contribution in [1.82, 2.24) is 20.2 Å². The minimum Gasteiger partial charge on any atom is -0.351 e. The first-order valence-electron chi connectivity index (χ1n) is 10.9. The van der Waals surface area contributed by atoms with Gasteiger partial charge in [0.15, 0.2) is 0 Å². The van der Waals surface area contributed by atoms with Crippen LogP contribution in [0.3, 0.4) is 0 Å². The Kier molecular flexibility index (Phi) is 5.82. The SMILES string of the molecule is Cc1cc(F)cc(CN(C(=O)Cc2nncc3ccccc23)c2ccc(-c3c[nH]cn3)cc2)c1. The van der Waals surface area contributed by atoms with Crippen LogP contribution in [-0.2, 0) is 17.8 Å². The number of carbonyl (C=O) groups is 1. The van der Waals surface area contributed by atoms with E-state index in [0.29, 0.717) is 16.9 Å². The lowest BCUT2D eigenvalue weighted by Crippen LogP contribution is -2.32. The summed E-state index contributed by atoms with van der Waals surface area (Å²) < 4.78 is 14.1. The van der Waals surface area contributed by atoms with Gasteiger partial charge in [0.1, 0.15) is 5.82 Å². The number of carbonyl (C=O) groups excluding carboxylic acids is 1. The fourth-order valence-electron chi connectivity index (χ4n) is 4.10. The predicted molar refractivity (Wildman–Crippen MR) is 130 cm³/mol. The lowest BCUT2D eigenvalue weighted by molar-refractivity contribution is -0.118. The zero-order chi connectivity index (χ0) is 23.5. The molecule has 5 rings (SSSR count). The van der Waals surface area contributed by atoms with Crippen molar-refractivity contribution < 1.29 is 9.18 Å². The Labute approximate surface area is 196 Å². The molecule has 0 bridgehead atoms. The Bertz CT molecular complexity index is 1420. The van der Waals surface area contributed by atoms with E-state index in [1.165, 1.54) is 12.1 Å². The van der Waals surface area contributed by atoms with Crippen molar-refractivity contribution in [3.05, 3.63) is 108 Å². The molecule has 0 spiro atoms. The molecule has 0 fully saturated rings. The maximum Gasteiger partial charge on any atom is 0.233 e. The minimum atomic E-state index is -0.323. The van der Waals surface area contributed by atoms with Crippen molar-refractivity contribution in [2.24, 2.45) is 0 Å². The summed E-state index contributed by atoms with van der Waals surface area (Å²) in [6.07, 6.45) is 5.19. The fourth-order valence-corrected chi connectivity index (χ4v) is 4.10. The average molecular weight is 452 g/mol. The third-order valence-electron chi connectivity index (χ3n) is 5.68. The number of hydrogen-bond acceptors (Lipinski definition) is 4. The monoisotopic (exact) mass is 451 g/mol. The van der Waals surface area contributed by atoms with Gasteiger partial charge in [0, 0.05) is 28.2 Å². The molecule has 0 aliphatic carbocycles. The zero-order valence-corrected chi connectivity index (χ0v) is 18.6. The highest BCUT2D eigenvalue weighted by Crippen LogP contribution is 2.25. The fraction of sp³-hybridized carbons (Fsp3) is 0.111. The highest BCUT2D eigenvalue weighted by molar-refractivity contribution is 5.97. The highest BCUT2D eigenvalue weighted by Gasteiger charge is 2.20. The Morgan fingerprint density at radius 1 is 1.06 bits per heavy atom. The molecule has 0 saturated heterocycles. The van der Waals surface area contributed by atoms with E-state index in [1.807, 2.05) is 67.7 Å². The van der Waals surface area contributed by atoms with Gasteiger partial charge in [-0.1, -0.05) is 42.5 Å². The second-order valence-electron chi connectivity index (χ2n) is 8.17. The van der Waals surface area contributed by atoms with Crippen molar-refractivity contribution in [3.63, 3.8) is 0 Å². The topological polar surface area (TPSA) is 74.8 Å². The van der Waals surface area contributed by atoms with Crippen LogP contribution < -0.4 is 4.90 Å². The molecule has 0 radical (unpaired) electrons. The number of rotatable bonds is 6. The third kappa shape index (κ3) is 4.54. The van der Waals surface area contributed by atoms with Crippen molar-refractivity contribution in [2.45, 2.75) is 19.9 Å². The molecule has 3 aromatic carbocycles. The quantitative estimate of drug-likeness (QED) is 0.383. The molecule has 0 saturated carbocycles. The predicted octanol–water partition coefficient (Wildman–Crippen LogP) is 5.24. The van der Waals surface area contributed by atoms with E-state index in [-0.39, 0.29) is 24.7 Å². The molecule has 0 unspecified atom stereocenters. The van der Waals surface area contributed by atoms with Crippen LogP contribution in [0, 0.1) is 12.7 Å². The van der Waals surface area contributed by atoms with Crippen LogP contribution in [0.15, 0.2) is 85.5 Å². The first kappa shape index (κ1) is 21.5. The Hall–Kier alpha value is -4.39. The Balaban J connectivity index is 1.49. The molecule has 168 valence electrons. The van der Waals surface area contributed by atoms with Gasteiger partial charge in [-0.3, -0.25) is 4.79 Å². The van der Waals surface area contributed by atoms with Crippen molar-refractivity contribution >= 4 is 22.4 Å². The highest BCUT2D eigenvalue weighted by atomic mass is 19.1.